The van der Waals surface area contributed by atoms with Crippen LogP contribution in [0.15, 0.2) is 29.7 Å². The number of hydrogen-bond donors (Lipinski definition) is 1. The quantitative estimate of drug-likeness (QED) is 0.784. The number of aromatic nitrogens is 4. The second-order valence-corrected chi connectivity index (χ2v) is 3.34. The van der Waals surface area contributed by atoms with E-state index in [0.717, 1.165) is 0 Å². The number of aromatic carboxylic acids is 1. The molecule has 0 aliphatic carbocycles. The maximum absolute atomic E-state index is 11.5. The number of rotatable bonds is 2. The van der Waals surface area contributed by atoms with Crippen LogP contribution in [0.2, 0.25) is 0 Å². The molecule has 0 saturated heterocycles. The first-order chi connectivity index (χ1) is 8.09. The van der Waals surface area contributed by atoms with Gasteiger partial charge in [-0.05, 0) is 6.92 Å². The Labute approximate surface area is 95.4 Å². The molecule has 7 nitrogen and oxygen atoms in total. The van der Waals surface area contributed by atoms with Crippen LogP contribution in [-0.4, -0.2) is 30.8 Å². The van der Waals surface area contributed by atoms with Gasteiger partial charge in [-0.3, -0.25) is 4.79 Å². The normalized spacial score (nSPS) is 10.2. The molecule has 86 valence electrons. The predicted molar refractivity (Wildman–Crippen MR) is 57.1 cm³/mol. The zero-order valence-corrected chi connectivity index (χ0v) is 8.86. The molecule has 2 aromatic heterocycles. The van der Waals surface area contributed by atoms with Gasteiger partial charge in [0, 0.05) is 11.8 Å². The fourth-order valence-corrected chi connectivity index (χ4v) is 1.29. The number of nitrogens with zero attached hydrogens (tertiary/aromatic N) is 4. The second-order valence-electron chi connectivity index (χ2n) is 3.34. The van der Waals surface area contributed by atoms with Gasteiger partial charge in [-0.15, -0.1) is 0 Å². The summed E-state index contributed by atoms with van der Waals surface area (Å²) in [5, 5.41) is 12.6. The largest absolute Gasteiger partial charge is 0.476 e. The van der Waals surface area contributed by atoms with Gasteiger partial charge < -0.3 is 5.11 Å². The van der Waals surface area contributed by atoms with Gasteiger partial charge in [0.1, 0.15) is 12.0 Å². The van der Waals surface area contributed by atoms with Crippen molar-refractivity contribution in [1.82, 2.24) is 19.7 Å². The number of hydrogen-bond acceptors (Lipinski definition) is 5. The summed E-state index contributed by atoms with van der Waals surface area (Å²) in [5.74, 6) is -1.36. The maximum Gasteiger partial charge on any atom is 0.360 e. The van der Waals surface area contributed by atoms with Crippen molar-refractivity contribution < 1.29 is 9.90 Å². The lowest BCUT2D eigenvalue weighted by Gasteiger charge is -2.05. The summed E-state index contributed by atoms with van der Waals surface area (Å²) in [6.07, 6.45) is 5.72. The summed E-state index contributed by atoms with van der Waals surface area (Å²) < 4.78 is 1.26. The average Bonchev–Trinajstić information content (AvgIpc) is 2.33. The van der Waals surface area contributed by atoms with E-state index in [-0.39, 0.29) is 0 Å². The van der Waals surface area contributed by atoms with Gasteiger partial charge in [0.2, 0.25) is 11.1 Å². The van der Waals surface area contributed by atoms with E-state index < -0.39 is 17.1 Å². The van der Waals surface area contributed by atoms with Crippen LogP contribution in [0.3, 0.4) is 0 Å². The van der Waals surface area contributed by atoms with E-state index >= 15 is 0 Å². The standard InChI is InChI=1S/C10H8N4O3/c1-6-4-14(7-2-11-5-12-3-7)13-8(9(6)15)10(16)17/h2-5H,1H3,(H,16,17). The molecular weight excluding hydrogens is 224 g/mol. The van der Waals surface area contributed by atoms with Crippen LogP contribution >= 0.6 is 0 Å². The molecule has 0 unspecified atom stereocenters. The zero-order valence-electron chi connectivity index (χ0n) is 8.86. The van der Waals surface area contributed by atoms with Crippen LogP contribution in [0.1, 0.15) is 16.1 Å². The van der Waals surface area contributed by atoms with Gasteiger partial charge in [0.05, 0.1) is 12.4 Å². The Balaban J connectivity index is 2.66. The van der Waals surface area contributed by atoms with Crippen molar-refractivity contribution in [2.75, 3.05) is 0 Å². The second kappa shape index (κ2) is 4.12. The third kappa shape index (κ3) is 2.03. The molecule has 7 heteroatoms. The van der Waals surface area contributed by atoms with Gasteiger partial charge in [-0.2, -0.15) is 5.10 Å². The SMILES string of the molecule is Cc1cn(-c2cncnc2)nc(C(=O)O)c1=O. The number of carboxylic acids is 1. The zero-order chi connectivity index (χ0) is 12.4. The van der Waals surface area contributed by atoms with Crippen molar-refractivity contribution in [2.24, 2.45) is 0 Å². The summed E-state index contributed by atoms with van der Waals surface area (Å²) in [5.41, 5.74) is -0.334. The molecule has 0 spiro atoms. The van der Waals surface area contributed by atoms with Crippen molar-refractivity contribution in [3.8, 4) is 5.69 Å². The summed E-state index contributed by atoms with van der Waals surface area (Å²) >= 11 is 0. The third-order valence-electron chi connectivity index (χ3n) is 2.11. The highest BCUT2D eigenvalue weighted by Gasteiger charge is 2.14. The van der Waals surface area contributed by atoms with Crippen LogP contribution < -0.4 is 5.43 Å². The highest BCUT2D eigenvalue weighted by atomic mass is 16.4. The summed E-state index contributed by atoms with van der Waals surface area (Å²) in [7, 11) is 0. The van der Waals surface area contributed by atoms with E-state index in [2.05, 4.69) is 15.1 Å². The van der Waals surface area contributed by atoms with E-state index in [4.69, 9.17) is 5.11 Å². The van der Waals surface area contributed by atoms with Gasteiger partial charge in [-0.1, -0.05) is 0 Å². The smallest absolute Gasteiger partial charge is 0.360 e. The predicted octanol–water partition coefficient (Wildman–Crippen LogP) is 0.0291. The lowest BCUT2D eigenvalue weighted by Crippen LogP contribution is -2.23. The van der Waals surface area contributed by atoms with Gasteiger partial charge in [0.25, 0.3) is 0 Å². The molecule has 17 heavy (non-hydrogen) atoms. The minimum absolute atomic E-state index is 0.293. The van der Waals surface area contributed by atoms with E-state index in [1.165, 1.54) is 36.5 Å². The Morgan fingerprint density at radius 1 is 1.35 bits per heavy atom. The number of aryl methyl sites for hydroxylation is 1. The van der Waals surface area contributed by atoms with Gasteiger partial charge >= 0.3 is 5.97 Å². The Morgan fingerprint density at radius 3 is 2.59 bits per heavy atom. The average molecular weight is 232 g/mol. The molecule has 0 aliphatic rings. The summed E-state index contributed by atoms with van der Waals surface area (Å²) in [6.45, 7) is 1.52. The van der Waals surface area contributed by atoms with E-state index in [0.29, 0.717) is 11.3 Å². The summed E-state index contributed by atoms with van der Waals surface area (Å²) in [6, 6.07) is 0. The summed E-state index contributed by atoms with van der Waals surface area (Å²) in [4.78, 5) is 29.9. The van der Waals surface area contributed by atoms with Gasteiger partial charge in [0.15, 0.2) is 0 Å². The van der Waals surface area contributed by atoms with Crippen molar-refractivity contribution in [1.29, 1.82) is 0 Å². The molecule has 0 atom stereocenters. The molecule has 0 aromatic carbocycles. The van der Waals surface area contributed by atoms with Crippen molar-refractivity contribution in [2.45, 2.75) is 6.92 Å². The lowest BCUT2D eigenvalue weighted by atomic mass is 10.2. The molecule has 0 saturated carbocycles. The third-order valence-corrected chi connectivity index (χ3v) is 2.11. The first kappa shape index (κ1) is 10.9. The monoisotopic (exact) mass is 232 g/mol. The molecular formula is C10H8N4O3. The molecule has 0 amide bonds. The van der Waals surface area contributed by atoms with Crippen molar-refractivity contribution in [3.63, 3.8) is 0 Å². The highest BCUT2D eigenvalue weighted by Crippen LogP contribution is 2.02. The van der Waals surface area contributed by atoms with Crippen LogP contribution in [0, 0.1) is 6.92 Å². The number of carboxylic acid groups (broad SMARTS) is 1. The molecule has 2 heterocycles. The number of carbonyl (C=O) groups is 1. The molecule has 0 aliphatic heterocycles. The van der Waals surface area contributed by atoms with Crippen LogP contribution in [0.4, 0.5) is 0 Å². The molecule has 0 fully saturated rings. The Kier molecular flexibility index (Phi) is 2.65. The van der Waals surface area contributed by atoms with E-state index in [1.807, 2.05) is 0 Å². The minimum atomic E-state index is -1.36. The van der Waals surface area contributed by atoms with Crippen LogP contribution in [-0.2, 0) is 0 Å². The molecule has 0 bridgehead atoms. The van der Waals surface area contributed by atoms with Crippen LogP contribution in [0.25, 0.3) is 5.69 Å². The van der Waals surface area contributed by atoms with Crippen LogP contribution in [0.5, 0.6) is 0 Å². The fourth-order valence-electron chi connectivity index (χ4n) is 1.29. The highest BCUT2D eigenvalue weighted by molar-refractivity contribution is 5.85. The molecule has 1 N–H and O–H groups in total. The van der Waals surface area contributed by atoms with E-state index in [9.17, 15) is 9.59 Å². The van der Waals surface area contributed by atoms with Crippen molar-refractivity contribution in [3.05, 3.63) is 46.4 Å². The maximum atomic E-state index is 11.5. The first-order valence-electron chi connectivity index (χ1n) is 4.69. The topological polar surface area (TPSA) is 98.0 Å². The fraction of sp³-hybridized carbons (Fsp3) is 0.100. The van der Waals surface area contributed by atoms with Gasteiger partial charge in [-0.25, -0.2) is 19.4 Å². The minimum Gasteiger partial charge on any atom is -0.476 e. The molecule has 2 rings (SSSR count). The van der Waals surface area contributed by atoms with Crippen molar-refractivity contribution >= 4 is 5.97 Å². The Hall–Kier alpha value is -2.57. The Bertz CT molecular complexity index is 621. The Morgan fingerprint density at radius 2 is 2.00 bits per heavy atom. The van der Waals surface area contributed by atoms with E-state index in [1.54, 1.807) is 0 Å². The molecule has 2 aromatic rings. The lowest BCUT2D eigenvalue weighted by molar-refractivity contribution is 0.0686. The first-order valence-corrected chi connectivity index (χ1v) is 4.69. The molecule has 0 radical (unpaired) electrons.